The Hall–Kier alpha value is -9.00. The van der Waals surface area contributed by atoms with E-state index < -0.39 is 0 Å². The lowest BCUT2D eigenvalue weighted by Crippen LogP contribution is -2.35. The van der Waals surface area contributed by atoms with E-state index in [2.05, 4.69) is 188 Å². The highest BCUT2D eigenvalue weighted by Crippen LogP contribution is 2.35. The van der Waals surface area contributed by atoms with Crippen LogP contribution in [0.3, 0.4) is 0 Å². The number of rotatable bonds is 11. The zero-order chi connectivity index (χ0) is 46.9. The van der Waals surface area contributed by atoms with Crippen LogP contribution in [0.1, 0.15) is 46.5 Å². The molecule has 2 N–H and O–H groups in total. The van der Waals surface area contributed by atoms with E-state index >= 15 is 0 Å². The van der Waals surface area contributed by atoms with Gasteiger partial charge in [-0.25, -0.2) is 20.0 Å². The summed E-state index contributed by atoms with van der Waals surface area (Å²) >= 11 is 0. The third-order valence-electron chi connectivity index (χ3n) is 12.3. The Kier molecular flexibility index (Phi) is 12.9. The second kappa shape index (κ2) is 20.3. The van der Waals surface area contributed by atoms with Crippen molar-refractivity contribution in [3.63, 3.8) is 0 Å². The van der Waals surface area contributed by atoms with Crippen LogP contribution in [0.2, 0.25) is 0 Å². The van der Waals surface area contributed by atoms with Crippen molar-refractivity contribution in [1.82, 2.24) is 4.90 Å². The van der Waals surface area contributed by atoms with Crippen molar-refractivity contribution in [2.75, 3.05) is 7.05 Å². The van der Waals surface area contributed by atoms with Gasteiger partial charge in [-0.05, 0) is 99.0 Å². The van der Waals surface area contributed by atoms with Gasteiger partial charge in [0.1, 0.15) is 17.8 Å². The van der Waals surface area contributed by atoms with Gasteiger partial charge in [-0.3, -0.25) is 0 Å². The molecule has 0 aliphatic carbocycles. The van der Waals surface area contributed by atoms with Crippen LogP contribution < -0.4 is 5.73 Å². The molecule has 332 valence electrons. The van der Waals surface area contributed by atoms with Crippen LogP contribution in [0.5, 0.6) is 0 Å². The Bertz CT molecular complexity index is 3390. The average Bonchev–Trinajstić information content (AvgIpc) is 3.43. The highest BCUT2D eigenvalue weighted by atomic mass is 15.3. The molecule has 1 aliphatic heterocycles. The molecule has 0 aromatic heterocycles. The van der Waals surface area contributed by atoms with Gasteiger partial charge in [-0.1, -0.05) is 212 Å². The van der Waals surface area contributed by atoms with Crippen molar-refractivity contribution in [2.24, 2.45) is 25.7 Å². The maximum atomic E-state index is 6.77. The van der Waals surface area contributed by atoms with Gasteiger partial charge in [0, 0.05) is 29.3 Å². The lowest BCUT2D eigenvalue weighted by atomic mass is 9.93. The van der Waals surface area contributed by atoms with E-state index in [4.69, 9.17) is 25.7 Å². The molecule has 0 spiro atoms. The average molecular weight is 891 g/mol. The number of aliphatic imine (C=N–C) groups is 4. The summed E-state index contributed by atoms with van der Waals surface area (Å²) in [5, 5.41) is 0. The summed E-state index contributed by atoms with van der Waals surface area (Å²) in [6.45, 7) is 2.00. The molecular formula is C63H50N6. The first-order valence-corrected chi connectivity index (χ1v) is 23.2. The van der Waals surface area contributed by atoms with Crippen LogP contribution in [0.15, 0.2) is 269 Å². The predicted octanol–water partition coefficient (Wildman–Crippen LogP) is 14.4. The minimum absolute atomic E-state index is 0.225. The minimum Gasteiger partial charge on any atom is -0.383 e. The molecule has 6 nitrogen and oxygen atoms in total. The molecule has 1 unspecified atom stereocenters. The fraction of sp³-hybridized carbons (Fsp3) is 0.0476. The van der Waals surface area contributed by atoms with Gasteiger partial charge in [0.05, 0.1) is 5.70 Å². The fourth-order valence-electron chi connectivity index (χ4n) is 8.72. The summed E-state index contributed by atoms with van der Waals surface area (Å²) in [5.41, 5.74) is 21.9. The summed E-state index contributed by atoms with van der Waals surface area (Å²) in [6.07, 6.45) is 1.79. The predicted molar refractivity (Wildman–Crippen MR) is 288 cm³/mol. The molecule has 0 amide bonds. The summed E-state index contributed by atoms with van der Waals surface area (Å²) in [7, 11) is 2.07. The summed E-state index contributed by atoms with van der Waals surface area (Å²) in [6, 6.07) is 83.8. The molecule has 1 atom stereocenters. The molecule has 1 aliphatic rings. The summed E-state index contributed by atoms with van der Waals surface area (Å²) < 4.78 is 0. The largest absolute Gasteiger partial charge is 0.383 e. The van der Waals surface area contributed by atoms with E-state index in [0.29, 0.717) is 17.5 Å². The number of allylic oxidation sites excluding steroid dienone is 1. The van der Waals surface area contributed by atoms with Crippen molar-refractivity contribution in [3.8, 4) is 44.5 Å². The number of hydrogen-bond donors (Lipinski definition) is 1. The number of hydrogen-bond acceptors (Lipinski definition) is 4. The van der Waals surface area contributed by atoms with Crippen LogP contribution in [0, 0.1) is 0 Å². The molecule has 0 bridgehead atoms. The fourth-order valence-corrected chi connectivity index (χ4v) is 8.72. The minimum atomic E-state index is -0.225. The van der Waals surface area contributed by atoms with Gasteiger partial charge in [0.15, 0.2) is 11.7 Å². The molecule has 9 aromatic rings. The summed E-state index contributed by atoms with van der Waals surface area (Å²) in [5.74, 6) is 2.48. The van der Waals surface area contributed by atoms with E-state index in [9.17, 15) is 0 Å². The Morgan fingerprint density at radius 2 is 0.855 bits per heavy atom. The van der Waals surface area contributed by atoms with Crippen LogP contribution >= 0.6 is 0 Å². The third kappa shape index (κ3) is 9.92. The zero-order valence-electron chi connectivity index (χ0n) is 38.6. The molecule has 0 saturated heterocycles. The Morgan fingerprint density at radius 1 is 0.435 bits per heavy atom. The van der Waals surface area contributed by atoms with E-state index in [1.165, 1.54) is 0 Å². The van der Waals surface area contributed by atoms with Gasteiger partial charge in [0.25, 0.3) is 0 Å². The normalized spacial score (nSPS) is 14.3. The van der Waals surface area contributed by atoms with E-state index in [-0.39, 0.29) is 6.17 Å². The third-order valence-corrected chi connectivity index (χ3v) is 12.3. The van der Waals surface area contributed by atoms with Crippen molar-refractivity contribution >= 4 is 29.0 Å². The second-order valence-electron chi connectivity index (χ2n) is 16.9. The maximum Gasteiger partial charge on any atom is 0.162 e. The van der Waals surface area contributed by atoms with Crippen LogP contribution in [-0.4, -0.2) is 35.3 Å². The SMILES string of the molecule is C/C=C(\N=C(N=C(N)c1ccccc1)c1cc(-c2ccccc2)cc(-c2cccc(-c3cccc(-c4cccc(C5=NC(c6ccccc6)N(C)C(c6ccccc6)=N5)c4)c3)c2)c1)c1ccccc1. The van der Waals surface area contributed by atoms with Gasteiger partial charge in [-0.2, -0.15) is 0 Å². The first kappa shape index (κ1) is 43.9. The van der Waals surface area contributed by atoms with Crippen LogP contribution in [0.25, 0.3) is 50.2 Å². The van der Waals surface area contributed by atoms with E-state index in [1.807, 2.05) is 79.7 Å². The van der Waals surface area contributed by atoms with Crippen LogP contribution in [-0.2, 0) is 0 Å². The highest BCUT2D eigenvalue weighted by Gasteiger charge is 2.26. The van der Waals surface area contributed by atoms with Crippen molar-refractivity contribution in [2.45, 2.75) is 13.1 Å². The lowest BCUT2D eigenvalue weighted by Gasteiger charge is -2.32. The van der Waals surface area contributed by atoms with Gasteiger partial charge in [-0.15, -0.1) is 0 Å². The smallest absolute Gasteiger partial charge is 0.162 e. The summed E-state index contributed by atoms with van der Waals surface area (Å²) in [4.78, 5) is 22.9. The molecule has 0 saturated carbocycles. The Balaban J connectivity index is 1.03. The number of nitrogens with zero attached hydrogens (tertiary/aromatic N) is 5. The van der Waals surface area contributed by atoms with E-state index in [1.54, 1.807) is 0 Å². The molecule has 9 aromatic carbocycles. The molecule has 1 heterocycles. The zero-order valence-corrected chi connectivity index (χ0v) is 38.6. The molecule has 10 rings (SSSR count). The Morgan fingerprint density at radius 3 is 1.41 bits per heavy atom. The molecule has 69 heavy (non-hydrogen) atoms. The monoisotopic (exact) mass is 890 g/mol. The number of amidine groups is 4. The van der Waals surface area contributed by atoms with E-state index in [0.717, 1.165) is 89.4 Å². The Labute approximate surface area is 404 Å². The van der Waals surface area contributed by atoms with Crippen molar-refractivity contribution in [3.05, 3.63) is 282 Å². The molecular weight excluding hydrogens is 841 g/mol. The topological polar surface area (TPSA) is 78.7 Å². The molecule has 0 fully saturated rings. The van der Waals surface area contributed by atoms with Gasteiger partial charge < -0.3 is 10.6 Å². The van der Waals surface area contributed by atoms with Crippen molar-refractivity contribution in [1.29, 1.82) is 0 Å². The lowest BCUT2D eigenvalue weighted by molar-refractivity contribution is 0.383. The highest BCUT2D eigenvalue weighted by molar-refractivity contribution is 6.14. The molecule has 0 radical (unpaired) electrons. The van der Waals surface area contributed by atoms with Gasteiger partial charge >= 0.3 is 0 Å². The first-order chi connectivity index (χ1) is 34.0. The number of benzene rings is 9. The number of nitrogens with two attached hydrogens (primary N) is 1. The van der Waals surface area contributed by atoms with Crippen LogP contribution in [0.4, 0.5) is 0 Å². The van der Waals surface area contributed by atoms with Gasteiger partial charge in [0.2, 0.25) is 0 Å². The molecule has 6 heteroatoms. The first-order valence-electron chi connectivity index (χ1n) is 23.2. The standard InChI is InChI=1S/C63H50N6/c1-3-58(45-24-11-5-12-25-45)65-61(66-59(64)46-26-13-6-14-27-46)57-42-55(44-22-9-4-10-23-44)41-56(43-57)53-36-20-34-51(39-53)49-32-19-33-50(38-49)52-35-21-37-54(40-52)60-67-62(47-28-15-7-16-29-47)69(2)63(68-60)48-30-17-8-18-31-48/h3-43,62H,1-2H3,(H2,64,65,66)/b58-3-. The quantitative estimate of drug-likeness (QED) is 0.104. The second-order valence-corrected chi connectivity index (χ2v) is 16.9. The van der Waals surface area contributed by atoms with Crippen molar-refractivity contribution < 1.29 is 0 Å². The maximum absolute atomic E-state index is 6.77.